The van der Waals surface area contributed by atoms with Crippen LogP contribution in [0, 0.1) is 0 Å². The molecular weight excluding hydrogens is 430 g/mol. The van der Waals surface area contributed by atoms with Gasteiger partial charge in [-0.15, -0.1) is 0 Å². The van der Waals surface area contributed by atoms with E-state index in [0.717, 1.165) is 54.4 Å². The topological polar surface area (TPSA) is 101 Å². The Labute approximate surface area is 201 Å². The Kier molecular flexibility index (Phi) is 9.82. The van der Waals surface area contributed by atoms with E-state index >= 15 is 0 Å². The van der Waals surface area contributed by atoms with E-state index < -0.39 is 12.0 Å². The number of benzene rings is 1. The summed E-state index contributed by atoms with van der Waals surface area (Å²) in [6.45, 7) is 3.06. The number of carbonyl (C=O) groups excluding carboxylic acids is 1. The van der Waals surface area contributed by atoms with Crippen LogP contribution in [0.5, 0.6) is 0 Å². The summed E-state index contributed by atoms with van der Waals surface area (Å²) in [5, 5.41) is 11.8. The number of carboxylic acids is 1. The molecule has 1 aromatic carbocycles. The third kappa shape index (κ3) is 7.54. The number of carboxylic acid groups (broad SMARTS) is 1. The summed E-state index contributed by atoms with van der Waals surface area (Å²) in [5.41, 5.74) is 3.91. The standard InChI is InChI=1S/C27H33N3O4/c1-2-3-7-17-29-26(33)24-19-34-27(30-24)21-14-12-20(13-15-21)23(22-9-8-16-28-18-22)10-5-4-6-11-25(31)32/h8-10,12-16,18,24H,2-7,11,17,19H2,1H3,(H,29,33)(H,31,32)/b23-10+. The van der Waals surface area contributed by atoms with Crippen molar-refractivity contribution < 1.29 is 19.4 Å². The van der Waals surface area contributed by atoms with Crippen molar-refractivity contribution in [1.82, 2.24) is 10.3 Å². The number of carbonyl (C=O) groups is 2. The quantitative estimate of drug-likeness (QED) is 0.423. The zero-order valence-corrected chi connectivity index (χ0v) is 19.7. The van der Waals surface area contributed by atoms with Crippen LogP contribution in [0.1, 0.15) is 68.6 Å². The maximum atomic E-state index is 12.3. The predicted octanol–water partition coefficient (Wildman–Crippen LogP) is 4.61. The second-order valence-electron chi connectivity index (χ2n) is 8.34. The molecule has 0 spiro atoms. The molecule has 1 aliphatic heterocycles. The minimum absolute atomic E-state index is 0.0904. The van der Waals surface area contributed by atoms with Gasteiger partial charge < -0.3 is 15.2 Å². The number of aliphatic imine (C=N–C) groups is 1. The van der Waals surface area contributed by atoms with Gasteiger partial charge in [0, 0.05) is 36.5 Å². The minimum atomic E-state index is -0.764. The van der Waals surface area contributed by atoms with Crippen molar-refractivity contribution in [3.8, 4) is 0 Å². The zero-order valence-electron chi connectivity index (χ0n) is 19.7. The van der Waals surface area contributed by atoms with E-state index in [4.69, 9.17) is 9.84 Å². The number of rotatable bonds is 13. The molecule has 1 aliphatic rings. The van der Waals surface area contributed by atoms with Crippen molar-refractivity contribution in [3.05, 3.63) is 71.6 Å². The van der Waals surface area contributed by atoms with Gasteiger partial charge in [-0.05, 0) is 55.0 Å². The van der Waals surface area contributed by atoms with Crippen molar-refractivity contribution in [2.45, 2.75) is 57.9 Å². The van der Waals surface area contributed by atoms with E-state index in [1.165, 1.54) is 0 Å². The molecule has 3 rings (SSSR count). The molecule has 180 valence electrons. The van der Waals surface area contributed by atoms with Gasteiger partial charge in [-0.1, -0.05) is 44.0 Å². The zero-order chi connectivity index (χ0) is 24.2. The molecule has 0 fully saturated rings. The monoisotopic (exact) mass is 463 g/mol. The van der Waals surface area contributed by atoms with Gasteiger partial charge in [0.15, 0.2) is 6.04 Å². The molecule has 7 heteroatoms. The summed E-state index contributed by atoms with van der Waals surface area (Å²) < 4.78 is 5.71. The first-order chi connectivity index (χ1) is 16.6. The lowest BCUT2D eigenvalue weighted by atomic mass is 9.96. The number of unbranched alkanes of at least 4 members (excludes halogenated alkanes) is 4. The highest BCUT2D eigenvalue weighted by molar-refractivity contribution is 5.98. The number of pyridine rings is 1. The number of aromatic nitrogens is 1. The fourth-order valence-electron chi connectivity index (χ4n) is 3.75. The molecular formula is C27H33N3O4. The van der Waals surface area contributed by atoms with E-state index in [0.29, 0.717) is 18.9 Å². The van der Waals surface area contributed by atoms with Gasteiger partial charge in [0.1, 0.15) is 6.61 Å². The van der Waals surface area contributed by atoms with Crippen molar-refractivity contribution in [1.29, 1.82) is 0 Å². The lowest BCUT2D eigenvalue weighted by Crippen LogP contribution is -2.34. The van der Waals surface area contributed by atoms with E-state index in [9.17, 15) is 9.59 Å². The number of aliphatic carboxylic acids is 1. The van der Waals surface area contributed by atoms with E-state index in [-0.39, 0.29) is 18.9 Å². The second-order valence-corrected chi connectivity index (χ2v) is 8.34. The molecule has 0 radical (unpaired) electrons. The van der Waals surface area contributed by atoms with Gasteiger partial charge in [-0.25, -0.2) is 4.99 Å². The number of allylic oxidation sites excluding steroid dienone is 1. The highest BCUT2D eigenvalue weighted by Crippen LogP contribution is 2.25. The second kappa shape index (κ2) is 13.3. The number of nitrogens with zero attached hydrogens (tertiary/aromatic N) is 2. The molecule has 34 heavy (non-hydrogen) atoms. The molecule has 2 heterocycles. The Morgan fingerprint density at radius 1 is 1.12 bits per heavy atom. The highest BCUT2D eigenvalue weighted by Gasteiger charge is 2.26. The number of nitrogens with one attached hydrogen (secondary N) is 1. The van der Waals surface area contributed by atoms with Crippen molar-refractivity contribution in [3.63, 3.8) is 0 Å². The number of hydrogen-bond donors (Lipinski definition) is 2. The fourth-order valence-corrected chi connectivity index (χ4v) is 3.75. The van der Waals surface area contributed by atoms with Gasteiger partial charge in [-0.2, -0.15) is 0 Å². The normalized spacial score (nSPS) is 15.5. The summed E-state index contributed by atoms with van der Waals surface area (Å²) in [5.74, 6) is -0.367. The smallest absolute Gasteiger partial charge is 0.303 e. The van der Waals surface area contributed by atoms with E-state index in [1.807, 2.05) is 42.6 Å². The van der Waals surface area contributed by atoms with Crippen LogP contribution in [0.25, 0.3) is 5.57 Å². The maximum Gasteiger partial charge on any atom is 0.303 e. The third-order valence-corrected chi connectivity index (χ3v) is 5.64. The average molecular weight is 464 g/mol. The summed E-state index contributed by atoms with van der Waals surface area (Å²) in [6.07, 6.45) is 11.3. The molecule has 0 aliphatic carbocycles. The van der Waals surface area contributed by atoms with Crippen LogP contribution in [0.4, 0.5) is 0 Å². The van der Waals surface area contributed by atoms with Crippen LogP contribution in [-0.2, 0) is 14.3 Å². The lowest BCUT2D eigenvalue weighted by molar-refractivity contribution is -0.137. The molecule has 1 unspecified atom stereocenters. The summed E-state index contributed by atoms with van der Waals surface area (Å²) >= 11 is 0. The van der Waals surface area contributed by atoms with Crippen LogP contribution >= 0.6 is 0 Å². The Bertz CT molecular complexity index is 1000. The van der Waals surface area contributed by atoms with E-state index in [1.54, 1.807) is 6.20 Å². The Balaban J connectivity index is 1.67. The van der Waals surface area contributed by atoms with Crippen LogP contribution < -0.4 is 5.32 Å². The van der Waals surface area contributed by atoms with Gasteiger partial charge in [0.05, 0.1) is 0 Å². The third-order valence-electron chi connectivity index (χ3n) is 5.64. The molecule has 0 saturated carbocycles. The first kappa shape index (κ1) is 25.1. The summed E-state index contributed by atoms with van der Waals surface area (Å²) in [7, 11) is 0. The maximum absolute atomic E-state index is 12.3. The van der Waals surface area contributed by atoms with Crippen molar-refractivity contribution in [2.24, 2.45) is 4.99 Å². The molecule has 0 saturated heterocycles. The number of amides is 1. The lowest BCUT2D eigenvalue weighted by Gasteiger charge is -2.10. The Hall–Kier alpha value is -3.48. The first-order valence-electron chi connectivity index (χ1n) is 12.0. The average Bonchev–Trinajstić information content (AvgIpc) is 3.35. The van der Waals surface area contributed by atoms with E-state index in [2.05, 4.69) is 28.3 Å². The SMILES string of the molecule is CCCCCNC(=O)C1COC(c2ccc(/C(=C\CCCCC(=O)O)c3cccnc3)cc2)=N1. The van der Waals surface area contributed by atoms with Gasteiger partial charge in [-0.3, -0.25) is 14.6 Å². The van der Waals surface area contributed by atoms with Gasteiger partial charge in [0.25, 0.3) is 0 Å². The Morgan fingerprint density at radius 3 is 2.65 bits per heavy atom. The Morgan fingerprint density at radius 2 is 1.94 bits per heavy atom. The first-order valence-corrected chi connectivity index (χ1v) is 12.0. The van der Waals surface area contributed by atoms with Crippen molar-refractivity contribution in [2.75, 3.05) is 13.2 Å². The van der Waals surface area contributed by atoms with Crippen LogP contribution in [-0.4, -0.2) is 47.1 Å². The summed E-state index contributed by atoms with van der Waals surface area (Å²) in [4.78, 5) is 31.8. The molecule has 7 nitrogen and oxygen atoms in total. The molecule has 1 atom stereocenters. The van der Waals surface area contributed by atoms with Gasteiger partial charge >= 0.3 is 5.97 Å². The number of ether oxygens (including phenoxy) is 1. The number of hydrogen-bond acceptors (Lipinski definition) is 5. The minimum Gasteiger partial charge on any atom is -0.481 e. The van der Waals surface area contributed by atoms with Crippen LogP contribution in [0.2, 0.25) is 0 Å². The van der Waals surface area contributed by atoms with Gasteiger partial charge in [0.2, 0.25) is 11.8 Å². The molecule has 0 bridgehead atoms. The van der Waals surface area contributed by atoms with Crippen LogP contribution in [0.15, 0.2) is 59.9 Å². The van der Waals surface area contributed by atoms with Crippen molar-refractivity contribution >= 4 is 23.3 Å². The predicted molar refractivity (Wildman–Crippen MR) is 133 cm³/mol. The molecule has 1 aromatic heterocycles. The highest BCUT2D eigenvalue weighted by atomic mass is 16.5. The molecule has 1 amide bonds. The van der Waals surface area contributed by atoms with Crippen LogP contribution in [0.3, 0.4) is 0 Å². The largest absolute Gasteiger partial charge is 0.481 e. The summed E-state index contributed by atoms with van der Waals surface area (Å²) in [6, 6.07) is 11.3. The molecule has 2 aromatic rings. The molecule has 2 N–H and O–H groups in total. The fraction of sp³-hybridized carbons (Fsp3) is 0.407.